The van der Waals surface area contributed by atoms with Crippen molar-refractivity contribution in [2.45, 2.75) is 52.7 Å². The van der Waals surface area contributed by atoms with E-state index < -0.39 is 54.8 Å². The third-order valence-electron chi connectivity index (χ3n) is 5.58. The van der Waals surface area contributed by atoms with Gasteiger partial charge in [-0.25, -0.2) is 27.6 Å². The van der Waals surface area contributed by atoms with Crippen LogP contribution in [0.4, 0.5) is 9.59 Å². The molecule has 4 heterocycles. The van der Waals surface area contributed by atoms with Crippen LogP contribution >= 0.6 is 0 Å². The first-order valence-corrected chi connectivity index (χ1v) is 15.6. The van der Waals surface area contributed by atoms with E-state index in [1.165, 1.54) is 0 Å². The fraction of sp³-hybridized carbons (Fsp3) is 0.818. The zero-order valence-electron chi connectivity index (χ0n) is 22.5. The van der Waals surface area contributed by atoms with Crippen molar-refractivity contribution >= 4 is 43.6 Å². The summed E-state index contributed by atoms with van der Waals surface area (Å²) in [6.45, 7) is 14.2. The summed E-state index contributed by atoms with van der Waals surface area (Å²) in [5.74, 6) is -1.51. The molecule has 16 heteroatoms. The van der Waals surface area contributed by atoms with Gasteiger partial charge in [-0.2, -0.15) is 0 Å². The number of ether oxygens (including phenoxy) is 2. The second kappa shape index (κ2) is 11.1. The number of carbonyl (C=O) groups excluding carboxylic acids is 2. The van der Waals surface area contributed by atoms with Gasteiger partial charge in [-0.05, 0) is 41.5 Å². The molecule has 4 aliphatic heterocycles. The zero-order chi connectivity index (χ0) is 29.2. The highest BCUT2D eigenvalue weighted by Crippen LogP contribution is 2.38. The van der Waals surface area contributed by atoms with Crippen molar-refractivity contribution in [1.29, 1.82) is 0 Å². The number of carbonyl (C=O) groups is 4. The van der Waals surface area contributed by atoms with Crippen molar-refractivity contribution in [2.75, 3.05) is 49.2 Å². The molecule has 0 aromatic carbocycles. The van der Waals surface area contributed by atoms with Gasteiger partial charge in [0, 0.05) is 60.0 Å². The van der Waals surface area contributed by atoms with Gasteiger partial charge in [0.2, 0.25) is 0 Å². The lowest BCUT2D eigenvalue weighted by atomic mass is 9.85. The van der Waals surface area contributed by atoms with Crippen LogP contribution in [0.25, 0.3) is 0 Å². The Bertz CT molecular complexity index is 1090. The number of hydrogen-bond donors (Lipinski definition) is 4. The van der Waals surface area contributed by atoms with Crippen molar-refractivity contribution in [1.82, 2.24) is 10.6 Å². The SMILES string of the molecule is CC(C)(C)OC(=O)N=S1(=O)CC2(CNC2)C1.CC(C)(C)OC(=O)N=S1(=O)CC2(CNC2)C1.O=C(O)C(=O)O. The Morgan fingerprint density at radius 2 is 0.921 bits per heavy atom. The average molecular weight is 583 g/mol. The third kappa shape index (κ3) is 9.47. The summed E-state index contributed by atoms with van der Waals surface area (Å²) in [5.41, 5.74) is -0.836. The highest BCUT2D eigenvalue weighted by atomic mass is 32.2. The fourth-order valence-corrected chi connectivity index (χ4v) is 9.51. The average Bonchev–Trinajstić information content (AvgIpc) is 2.58. The van der Waals surface area contributed by atoms with E-state index in [2.05, 4.69) is 19.4 Å². The Labute approximate surface area is 223 Å². The van der Waals surface area contributed by atoms with E-state index in [0.717, 1.165) is 26.2 Å². The summed E-state index contributed by atoms with van der Waals surface area (Å²) in [6, 6.07) is 0. The zero-order valence-corrected chi connectivity index (χ0v) is 24.2. The summed E-state index contributed by atoms with van der Waals surface area (Å²) in [6.07, 6.45) is -1.39. The second-order valence-corrected chi connectivity index (χ2v) is 16.7. The van der Waals surface area contributed by atoms with E-state index in [9.17, 15) is 18.0 Å². The van der Waals surface area contributed by atoms with Crippen LogP contribution < -0.4 is 10.6 Å². The molecule has 4 fully saturated rings. The van der Waals surface area contributed by atoms with E-state index in [4.69, 9.17) is 29.3 Å². The number of aliphatic carboxylic acids is 2. The number of nitrogens with one attached hydrogen (secondary N) is 2. The first-order valence-electron chi connectivity index (χ1n) is 11.9. The molecule has 0 aliphatic carbocycles. The lowest BCUT2D eigenvalue weighted by molar-refractivity contribution is -0.159. The maximum absolute atomic E-state index is 12.1. The molecule has 2 amide bonds. The number of carboxylic acids is 2. The van der Waals surface area contributed by atoms with E-state index in [1.54, 1.807) is 41.5 Å². The summed E-state index contributed by atoms with van der Waals surface area (Å²) < 4.78 is 41.6. The lowest BCUT2D eigenvalue weighted by Crippen LogP contribution is -2.66. The van der Waals surface area contributed by atoms with Crippen LogP contribution in [0.2, 0.25) is 0 Å². The van der Waals surface area contributed by atoms with Crippen LogP contribution in [0.15, 0.2) is 8.73 Å². The number of nitrogens with zero attached hydrogens (tertiary/aromatic N) is 2. The van der Waals surface area contributed by atoms with Gasteiger partial charge in [0.25, 0.3) is 0 Å². The lowest BCUT2D eigenvalue weighted by Gasteiger charge is -2.50. The Morgan fingerprint density at radius 3 is 1.08 bits per heavy atom. The highest BCUT2D eigenvalue weighted by Gasteiger charge is 2.52. The molecule has 4 rings (SSSR count). The predicted molar refractivity (Wildman–Crippen MR) is 139 cm³/mol. The summed E-state index contributed by atoms with van der Waals surface area (Å²) in [5, 5.41) is 21.1. The van der Waals surface area contributed by atoms with Crippen molar-refractivity contribution in [3.05, 3.63) is 0 Å². The molecule has 0 saturated carbocycles. The number of carboxylic acid groups (broad SMARTS) is 2. The van der Waals surface area contributed by atoms with Crippen LogP contribution in [-0.4, -0.2) is 103 Å². The Kier molecular flexibility index (Phi) is 9.29. The number of rotatable bonds is 0. The monoisotopic (exact) mass is 582 g/mol. The first-order chi connectivity index (χ1) is 17.1. The van der Waals surface area contributed by atoms with E-state index in [0.29, 0.717) is 23.0 Å². The molecule has 0 aromatic rings. The largest absolute Gasteiger partial charge is 0.473 e. The quantitative estimate of drug-likeness (QED) is 0.296. The van der Waals surface area contributed by atoms with Gasteiger partial charge in [-0.15, -0.1) is 8.73 Å². The minimum atomic E-state index is -2.32. The van der Waals surface area contributed by atoms with Gasteiger partial charge in [-0.1, -0.05) is 0 Å². The second-order valence-electron chi connectivity index (χ2n) is 12.1. The highest BCUT2D eigenvalue weighted by molar-refractivity contribution is 7.95. The van der Waals surface area contributed by atoms with Crippen molar-refractivity contribution in [2.24, 2.45) is 19.6 Å². The minimum absolute atomic E-state index is 0.155. The van der Waals surface area contributed by atoms with E-state index in [1.807, 2.05) is 0 Å². The van der Waals surface area contributed by atoms with Gasteiger partial charge < -0.3 is 30.3 Å². The summed E-state index contributed by atoms with van der Waals surface area (Å²) in [4.78, 5) is 41.0. The molecule has 2 spiro atoms. The molecule has 4 saturated heterocycles. The van der Waals surface area contributed by atoms with Gasteiger partial charge in [-0.3, -0.25) is 0 Å². The summed E-state index contributed by atoms with van der Waals surface area (Å²) in [7, 11) is -4.64. The standard InChI is InChI=1S/2C10H18N2O3S.C2H2O4/c2*1-9(2,3)15-8(13)12-16(14)6-10(7-16)4-11-5-10;3-1(4)2(5)6/h2*11H,4-7H2,1-3H3;(H,3,4)(H,5,6). The fourth-order valence-electron chi connectivity index (χ4n) is 4.16. The molecule has 14 nitrogen and oxygen atoms in total. The predicted octanol–water partition coefficient (Wildman–Crippen LogP) is 1.14. The number of hydrogen-bond acceptors (Lipinski definition) is 10. The Morgan fingerprint density at radius 1 is 0.658 bits per heavy atom. The maximum atomic E-state index is 12.1. The maximum Gasteiger partial charge on any atom is 0.442 e. The Hall–Kier alpha value is -2.30. The molecule has 4 N–H and O–H groups in total. The smallest absolute Gasteiger partial charge is 0.442 e. The van der Waals surface area contributed by atoms with Gasteiger partial charge in [0.05, 0.1) is 19.5 Å². The molecule has 0 unspecified atom stereocenters. The van der Waals surface area contributed by atoms with Crippen molar-refractivity contribution in [3.8, 4) is 0 Å². The minimum Gasteiger partial charge on any atom is -0.473 e. The van der Waals surface area contributed by atoms with Gasteiger partial charge in [0.1, 0.15) is 11.2 Å². The van der Waals surface area contributed by atoms with Gasteiger partial charge in [0.15, 0.2) is 0 Å². The van der Waals surface area contributed by atoms with Crippen LogP contribution in [0.3, 0.4) is 0 Å². The molecule has 0 bridgehead atoms. The first kappa shape index (κ1) is 31.9. The normalized spacial score (nSPS) is 25.1. The van der Waals surface area contributed by atoms with Crippen LogP contribution in [0.5, 0.6) is 0 Å². The van der Waals surface area contributed by atoms with Gasteiger partial charge >= 0.3 is 24.1 Å². The molecular weight excluding hydrogens is 544 g/mol. The molecule has 0 aromatic heterocycles. The number of amides is 2. The third-order valence-corrected chi connectivity index (χ3v) is 10.8. The van der Waals surface area contributed by atoms with E-state index in [-0.39, 0.29) is 10.8 Å². The molecule has 0 atom stereocenters. The van der Waals surface area contributed by atoms with Crippen LogP contribution in [0, 0.1) is 10.8 Å². The molecule has 0 radical (unpaired) electrons. The molecule has 38 heavy (non-hydrogen) atoms. The molecule has 4 aliphatic rings. The molecular formula is C22H38N4O10S2. The topological polar surface area (TPSA) is 210 Å². The summed E-state index contributed by atoms with van der Waals surface area (Å²) >= 11 is 0. The Balaban J connectivity index is 0.000000221. The van der Waals surface area contributed by atoms with Crippen molar-refractivity contribution in [3.63, 3.8) is 0 Å². The molecule has 218 valence electrons. The van der Waals surface area contributed by atoms with Crippen LogP contribution in [0.1, 0.15) is 41.5 Å². The van der Waals surface area contributed by atoms with E-state index >= 15 is 0 Å². The van der Waals surface area contributed by atoms with Crippen molar-refractivity contribution < 1.29 is 47.3 Å². The van der Waals surface area contributed by atoms with Crippen LogP contribution in [-0.2, 0) is 38.5 Å².